The summed E-state index contributed by atoms with van der Waals surface area (Å²) >= 11 is 0. The van der Waals surface area contributed by atoms with E-state index in [2.05, 4.69) is 10.4 Å². The second kappa shape index (κ2) is 6.99. The predicted molar refractivity (Wildman–Crippen MR) is 105 cm³/mol. The fourth-order valence-corrected chi connectivity index (χ4v) is 4.63. The first-order chi connectivity index (χ1) is 12.6. The molecule has 146 valence electrons. The van der Waals surface area contributed by atoms with Crippen LogP contribution in [0.2, 0.25) is 0 Å². The Morgan fingerprint density at radius 2 is 1.93 bits per heavy atom. The Hall–Kier alpha value is -2.35. The van der Waals surface area contributed by atoms with Crippen LogP contribution in [0, 0.1) is 5.41 Å². The van der Waals surface area contributed by atoms with Gasteiger partial charge < -0.3 is 10.1 Å². The zero-order chi connectivity index (χ0) is 19.8. The number of carbonyl (C=O) groups is 1. The van der Waals surface area contributed by atoms with Crippen LogP contribution in [-0.2, 0) is 14.6 Å². The van der Waals surface area contributed by atoms with E-state index in [0.29, 0.717) is 17.9 Å². The number of benzene rings is 1. The Morgan fingerprint density at radius 1 is 1.26 bits per heavy atom. The Morgan fingerprint density at radius 3 is 2.44 bits per heavy atom. The molecule has 1 aliphatic rings. The molecule has 2 aromatic rings. The molecule has 0 radical (unpaired) electrons. The summed E-state index contributed by atoms with van der Waals surface area (Å²) in [6.45, 7) is 5.48. The topological polar surface area (TPSA) is 90.3 Å². The molecular weight excluding hydrogens is 366 g/mol. The highest BCUT2D eigenvalue weighted by Crippen LogP contribution is 2.31. The van der Waals surface area contributed by atoms with E-state index in [9.17, 15) is 13.2 Å². The van der Waals surface area contributed by atoms with E-state index in [4.69, 9.17) is 4.74 Å². The van der Waals surface area contributed by atoms with Gasteiger partial charge in [0.1, 0.15) is 11.6 Å². The summed E-state index contributed by atoms with van der Waals surface area (Å²) in [6, 6.07) is 8.94. The highest BCUT2D eigenvalue weighted by atomic mass is 32.2. The molecule has 1 aromatic heterocycles. The molecule has 0 bridgehead atoms. The fourth-order valence-electron chi connectivity index (χ4n) is 2.94. The molecule has 1 atom stereocenters. The van der Waals surface area contributed by atoms with Crippen molar-refractivity contribution in [1.29, 1.82) is 0 Å². The lowest BCUT2D eigenvalue weighted by Gasteiger charge is -2.19. The van der Waals surface area contributed by atoms with Gasteiger partial charge in [-0.05, 0) is 30.7 Å². The van der Waals surface area contributed by atoms with Gasteiger partial charge in [0.05, 0.1) is 30.4 Å². The Labute approximate surface area is 159 Å². The highest BCUT2D eigenvalue weighted by Gasteiger charge is 2.32. The van der Waals surface area contributed by atoms with Gasteiger partial charge in [-0.2, -0.15) is 5.10 Å². The first kappa shape index (κ1) is 19.4. The maximum atomic E-state index is 12.5. The summed E-state index contributed by atoms with van der Waals surface area (Å²) in [4.78, 5) is 12.5. The highest BCUT2D eigenvalue weighted by molar-refractivity contribution is 7.91. The lowest BCUT2D eigenvalue weighted by atomic mass is 9.96. The third-order valence-corrected chi connectivity index (χ3v) is 6.35. The van der Waals surface area contributed by atoms with Gasteiger partial charge in [0.2, 0.25) is 5.91 Å². The number of aromatic nitrogens is 2. The Bertz CT molecular complexity index is 940. The van der Waals surface area contributed by atoms with E-state index in [1.54, 1.807) is 17.9 Å². The van der Waals surface area contributed by atoms with Crippen molar-refractivity contribution in [3.05, 3.63) is 30.3 Å². The second-order valence-corrected chi connectivity index (χ2v) is 10.1. The maximum absolute atomic E-state index is 12.5. The van der Waals surface area contributed by atoms with Crippen LogP contribution in [0.3, 0.4) is 0 Å². The van der Waals surface area contributed by atoms with E-state index in [1.165, 1.54) is 0 Å². The van der Waals surface area contributed by atoms with Crippen molar-refractivity contribution in [3.63, 3.8) is 0 Å². The molecular formula is C19H25N3O4S. The normalized spacial score (nSPS) is 19.0. The SMILES string of the molecule is COc1ccc(-c2cc(NC(=O)C(C)(C)C)n([C@@H]3CCS(=O)(=O)C3)n2)cc1. The van der Waals surface area contributed by atoms with Crippen LogP contribution in [0.4, 0.5) is 5.82 Å². The van der Waals surface area contributed by atoms with Crippen molar-refractivity contribution >= 4 is 21.6 Å². The molecule has 0 saturated carbocycles. The van der Waals surface area contributed by atoms with Crippen LogP contribution in [0.25, 0.3) is 11.3 Å². The molecule has 1 N–H and O–H groups in total. The van der Waals surface area contributed by atoms with Gasteiger partial charge in [-0.25, -0.2) is 13.1 Å². The summed E-state index contributed by atoms with van der Waals surface area (Å²) in [5.41, 5.74) is 0.963. The van der Waals surface area contributed by atoms with Crippen LogP contribution in [0.15, 0.2) is 30.3 Å². The predicted octanol–water partition coefficient (Wildman–Crippen LogP) is 2.90. The Kier molecular flexibility index (Phi) is 5.03. The molecule has 1 aromatic carbocycles. The molecule has 8 heteroatoms. The number of nitrogens with zero attached hydrogens (tertiary/aromatic N) is 2. The van der Waals surface area contributed by atoms with E-state index >= 15 is 0 Å². The molecule has 1 amide bonds. The quantitative estimate of drug-likeness (QED) is 0.865. The molecule has 3 rings (SSSR count). The lowest BCUT2D eigenvalue weighted by Crippen LogP contribution is -2.29. The van der Waals surface area contributed by atoms with Crippen LogP contribution < -0.4 is 10.1 Å². The van der Waals surface area contributed by atoms with Gasteiger partial charge in [-0.1, -0.05) is 20.8 Å². The lowest BCUT2D eigenvalue weighted by molar-refractivity contribution is -0.123. The van der Waals surface area contributed by atoms with Gasteiger partial charge >= 0.3 is 0 Å². The number of hydrogen-bond donors (Lipinski definition) is 1. The van der Waals surface area contributed by atoms with Gasteiger partial charge in [0.25, 0.3) is 0 Å². The summed E-state index contributed by atoms with van der Waals surface area (Å²) < 4.78 is 30.6. The monoisotopic (exact) mass is 391 g/mol. The van der Waals surface area contributed by atoms with Crippen molar-refractivity contribution in [2.24, 2.45) is 5.41 Å². The fraction of sp³-hybridized carbons (Fsp3) is 0.474. The number of hydrogen-bond acceptors (Lipinski definition) is 5. The van der Waals surface area contributed by atoms with E-state index in [-0.39, 0.29) is 23.5 Å². The zero-order valence-corrected chi connectivity index (χ0v) is 16.8. The minimum atomic E-state index is -3.07. The standard InChI is InChI=1S/C19H25N3O4S/c1-19(2,3)18(23)20-17-11-16(13-5-7-15(26-4)8-6-13)21-22(17)14-9-10-27(24,25)12-14/h5-8,11,14H,9-10,12H2,1-4H3,(H,20,23)/t14-/m1/s1. The molecule has 1 fully saturated rings. The maximum Gasteiger partial charge on any atom is 0.230 e. The molecule has 0 aliphatic carbocycles. The molecule has 27 heavy (non-hydrogen) atoms. The molecule has 1 saturated heterocycles. The van der Waals surface area contributed by atoms with Crippen LogP contribution in [-0.4, -0.2) is 42.7 Å². The number of amides is 1. The van der Waals surface area contributed by atoms with Crippen molar-refractivity contribution in [2.75, 3.05) is 23.9 Å². The average molecular weight is 391 g/mol. The smallest absolute Gasteiger partial charge is 0.230 e. The second-order valence-electron chi connectivity index (χ2n) is 7.85. The average Bonchev–Trinajstić information content (AvgIpc) is 3.17. The first-order valence-corrected chi connectivity index (χ1v) is 10.7. The first-order valence-electron chi connectivity index (χ1n) is 8.85. The minimum absolute atomic E-state index is 0.0368. The van der Waals surface area contributed by atoms with Crippen molar-refractivity contribution in [2.45, 2.75) is 33.2 Å². The van der Waals surface area contributed by atoms with Crippen molar-refractivity contribution in [1.82, 2.24) is 9.78 Å². The van der Waals surface area contributed by atoms with Crippen LogP contribution >= 0.6 is 0 Å². The number of methoxy groups -OCH3 is 1. The van der Waals surface area contributed by atoms with Gasteiger partial charge in [0.15, 0.2) is 9.84 Å². The van der Waals surface area contributed by atoms with Crippen molar-refractivity contribution in [3.8, 4) is 17.0 Å². The summed E-state index contributed by atoms with van der Waals surface area (Å²) in [6.07, 6.45) is 0.491. The van der Waals surface area contributed by atoms with Crippen LogP contribution in [0.1, 0.15) is 33.2 Å². The van der Waals surface area contributed by atoms with E-state index in [0.717, 1.165) is 11.3 Å². The van der Waals surface area contributed by atoms with Gasteiger partial charge in [-0.15, -0.1) is 0 Å². The molecule has 1 aliphatic heterocycles. The third-order valence-electron chi connectivity index (χ3n) is 4.60. The summed E-state index contributed by atoms with van der Waals surface area (Å²) in [7, 11) is -1.47. The largest absolute Gasteiger partial charge is 0.497 e. The van der Waals surface area contributed by atoms with Crippen LogP contribution in [0.5, 0.6) is 5.75 Å². The number of nitrogens with one attached hydrogen (secondary N) is 1. The minimum Gasteiger partial charge on any atom is -0.497 e. The van der Waals surface area contributed by atoms with E-state index in [1.807, 2.05) is 45.0 Å². The summed E-state index contributed by atoms with van der Waals surface area (Å²) in [5.74, 6) is 1.28. The molecule has 2 heterocycles. The molecule has 7 nitrogen and oxygen atoms in total. The van der Waals surface area contributed by atoms with E-state index < -0.39 is 15.3 Å². The number of rotatable bonds is 4. The number of sulfone groups is 1. The zero-order valence-electron chi connectivity index (χ0n) is 16.0. The Balaban J connectivity index is 1.98. The number of carbonyl (C=O) groups excluding carboxylic acids is 1. The molecule has 0 unspecified atom stereocenters. The van der Waals surface area contributed by atoms with Crippen molar-refractivity contribution < 1.29 is 17.9 Å². The summed E-state index contributed by atoms with van der Waals surface area (Å²) in [5, 5.41) is 7.52. The number of anilines is 1. The molecule has 0 spiro atoms. The third kappa shape index (κ3) is 4.32. The number of ether oxygens (including phenoxy) is 1. The van der Waals surface area contributed by atoms with Gasteiger partial charge in [0, 0.05) is 17.0 Å². The van der Waals surface area contributed by atoms with Gasteiger partial charge in [-0.3, -0.25) is 4.79 Å².